The first-order valence-corrected chi connectivity index (χ1v) is 11.5. The summed E-state index contributed by atoms with van der Waals surface area (Å²) in [6.45, 7) is 1.96. The summed E-state index contributed by atoms with van der Waals surface area (Å²) in [4.78, 5) is 26.6. The number of rotatable bonds is 7. The molecule has 7 heteroatoms. The van der Waals surface area contributed by atoms with E-state index in [9.17, 15) is 9.59 Å². The number of benzene rings is 3. The molecule has 0 unspecified atom stereocenters. The molecule has 0 spiro atoms. The Hall–Kier alpha value is -3.71. The largest absolute Gasteiger partial charge is 0.496 e. The van der Waals surface area contributed by atoms with Gasteiger partial charge in [-0.25, -0.2) is 9.59 Å². The molecule has 0 aliphatic heterocycles. The van der Waals surface area contributed by atoms with Crippen molar-refractivity contribution in [1.29, 1.82) is 0 Å². The van der Waals surface area contributed by atoms with Crippen molar-refractivity contribution >= 4 is 34.7 Å². The Bertz CT molecular complexity index is 1310. The standard InChI is InChI=1S/C26H22O6S/c1-4-30-26(28)23-20-14-17(10-13-21(20)32-24(23)16-8-6-5-7-9-16)31-25(27)19-12-11-18(33-3)15-22(19)29-2/h5-15H,4H2,1-3H3. The van der Waals surface area contributed by atoms with E-state index < -0.39 is 11.9 Å². The third kappa shape index (κ3) is 4.59. The first-order chi connectivity index (χ1) is 16.0. The highest BCUT2D eigenvalue weighted by Gasteiger charge is 2.24. The number of fused-ring (bicyclic) bond motifs is 1. The van der Waals surface area contributed by atoms with Crippen molar-refractivity contribution in [3.63, 3.8) is 0 Å². The van der Waals surface area contributed by atoms with Gasteiger partial charge in [0.25, 0.3) is 0 Å². The molecule has 0 aliphatic carbocycles. The highest BCUT2D eigenvalue weighted by molar-refractivity contribution is 7.98. The van der Waals surface area contributed by atoms with Crippen molar-refractivity contribution in [2.45, 2.75) is 11.8 Å². The molecule has 0 radical (unpaired) electrons. The molecule has 1 heterocycles. The van der Waals surface area contributed by atoms with Crippen molar-refractivity contribution in [3.05, 3.63) is 77.9 Å². The molecule has 6 nitrogen and oxygen atoms in total. The van der Waals surface area contributed by atoms with E-state index in [1.807, 2.05) is 42.7 Å². The Morgan fingerprint density at radius 2 is 1.76 bits per heavy atom. The Morgan fingerprint density at radius 3 is 2.45 bits per heavy atom. The molecule has 4 aromatic rings. The molecular formula is C26H22O6S. The van der Waals surface area contributed by atoms with Gasteiger partial charge in [-0.15, -0.1) is 11.8 Å². The molecule has 4 rings (SSSR count). The van der Waals surface area contributed by atoms with Crippen LogP contribution in [0.15, 0.2) is 76.0 Å². The van der Waals surface area contributed by atoms with Crippen molar-refractivity contribution < 1.29 is 28.2 Å². The number of methoxy groups -OCH3 is 1. The van der Waals surface area contributed by atoms with E-state index in [2.05, 4.69) is 0 Å². The predicted octanol–water partition coefficient (Wildman–Crippen LogP) is 6.23. The molecule has 1 aromatic heterocycles. The van der Waals surface area contributed by atoms with Gasteiger partial charge in [-0.3, -0.25) is 0 Å². The van der Waals surface area contributed by atoms with Crippen LogP contribution in [0.2, 0.25) is 0 Å². The summed E-state index contributed by atoms with van der Waals surface area (Å²) >= 11 is 1.55. The fraction of sp³-hybridized carbons (Fsp3) is 0.154. The fourth-order valence-electron chi connectivity index (χ4n) is 3.47. The van der Waals surface area contributed by atoms with Crippen molar-refractivity contribution in [3.8, 4) is 22.8 Å². The lowest BCUT2D eigenvalue weighted by molar-refractivity contribution is 0.0528. The summed E-state index contributed by atoms with van der Waals surface area (Å²) < 4.78 is 22.2. The van der Waals surface area contributed by atoms with E-state index in [0.29, 0.717) is 28.0 Å². The highest BCUT2D eigenvalue weighted by atomic mass is 32.2. The van der Waals surface area contributed by atoms with Crippen LogP contribution in [0.1, 0.15) is 27.6 Å². The number of carbonyl (C=O) groups is 2. The maximum atomic E-state index is 12.9. The highest BCUT2D eigenvalue weighted by Crippen LogP contribution is 2.36. The average Bonchev–Trinajstić information content (AvgIpc) is 3.23. The average molecular weight is 463 g/mol. The molecule has 33 heavy (non-hydrogen) atoms. The lowest BCUT2D eigenvalue weighted by Gasteiger charge is -2.10. The Morgan fingerprint density at radius 1 is 0.970 bits per heavy atom. The maximum absolute atomic E-state index is 12.9. The molecule has 0 saturated carbocycles. The van der Waals surface area contributed by atoms with Gasteiger partial charge in [-0.2, -0.15) is 0 Å². The molecule has 0 aliphatic rings. The second-order valence-electron chi connectivity index (χ2n) is 7.01. The van der Waals surface area contributed by atoms with E-state index in [4.69, 9.17) is 18.6 Å². The van der Waals surface area contributed by atoms with Crippen LogP contribution in [-0.4, -0.2) is 31.9 Å². The van der Waals surface area contributed by atoms with Gasteiger partial charge >= 0.3 is 11.9 Å². The zero-order valence-electron chi connectivity index (χ0n) is 18.4. The van der Waals surface area contributed by atoms with Gasteiger partial charge in [0.2, 0.25) is 0 Å². The summed E-state index contributed by atoms with van der Waals surface area (Å²) in [7, 11) is 1.50. The smallest absolute Gasteiger partial charge is 0.347 e. The first kappa shape index (κ1) is 22.5. The van der Waals surface area contributed by atoms with Gasteiger partial charge in [0.05, 0.1) is 13.7 Å². The summed E-state index contributed by atoms with van der Waals surface area (Å²) in [6.07, 6.45) is 1.94. The lowest BCUT2D eigenvalue weighted by Crippen LogP contribution is -2.10. The van der Waals surface area contributed by atoms with Crippen LogP contribution in [0.25, 0.3) is 22.3 Å². The molecule has 0 amide bonds. The Labute approximate surface area is 195 Å². The number of esters is 2. The lowest BCUT2D eigenvalue weighted by atomic mass is 10.1. The quantitative estimate of drug-likeness (QED) is 0.183. The Balaban J connectivity index is 1.74. The minimum absolute atomic E-state index is 0.222. The van der Waals surface area contributed by atoms with E-state index >= 15 is 0 Å². The zero-order valence-corrected chi connectivity index (χ0v) is 19.2. The molecule has 0 N–H and O–H groups in total. The van der Waals surface area contributed by atoms with Gasteiger partial charge in [0.15, 0.2) is 0 Å². The van der Waals surface area contributed by atoms with Crippen LogP contribution in [0.5, 0.6) is 11.5 Å². The monoisotopic (exact) mass is 462 g/mol. The zero-order chi connectivity index (χ0) is 23.4. The van der Waals surface area contributed by atoms with Crippen molar-refractivity contribution in [2.24, 2.45) is 0 Å². The van der Waals surface area contributed by atoms with E-state index in [1.165, 1.54) is 7.11 Å². The minimum Gasteiger partial charge on any atom is -0.496 e. The molecule has 0 atom stereocenters. The summed E-state index contributed by atoms with van der Waals surface area (Å²) in [5.41, 5.74) is 1.82. The van der Waals surface area contributed by atoms with Gasteiger partial charge in [-0.05, 0) is 49.6 Å². The van der Waals surface area contributed by atoms with Gasteiger partial charge < -0.3 is 18.6 Å². The van der Waals surface area contributed by atoms with Crippen LogP contribution in [0, 0.1) is 0 Å². The summed E-state index contributed by atoms with van der Waals surface area (Å²) in [6, 6.07) is 19.5. The third-order valence-electron chi connectivity index (χ3n) is 5.01. The fourth-order valence-corrected chi connectivity index (χ4v) is 3.90. The van der Waals surface area contributed by atoms with Gasteiger partial charge in [0, 0.05) is 15.8 Å². The normalized spacial score (nSPS) is 10.8. The van der Waals surface area contributed by atoms with Crippen molar-refractivity contribution in [1.82, 2.24) is 0 Å². The molecular weight excluding hydrogens is 440 g/mol. The van der Waals surface area contributed by atoms with Gasteiger partial charge in [0.1, 0.15) is 34.0 Å². The number of thioether (sulfide) groups is 1. The van der Waals surface area contributed by atoms with Crippen LogP contribution in [0.3, 0.4) is 0 Å². The van der Waals surface area contributed by atoms with E-state index in [0.717, 1.165) is 10.5 Å². The van der Waals surface area contributed by atoms with Crippen LogP contribution < -0.4 is 9.47 Å². The molecule has 0 fully saturated rings. The van der Waals surface area contributed by atoms with Crippen LogP contribution in [0.4, 0.5) is 0 Å². The number of carbonyl (C=O) groups excluding carboxylic acids is 2. The third-order valence-corrected chi connectivity index (χ3v) is 5.74. The topological polar surface area (TPSA) is 75.0 Å². The molecule has 3 aromatic carbocycles. The summed E-state index contributed by atoms with van der Waals surface area (Å²) in [5, 5.41) is 0.502. The maximum Gasteiger partial charge on any atom is 0.347 e. The minimum atomic E-state index is -0.566. The van der Waals surface area contributed by atoms with Crippen molar-refractivity contribution in [2.75, 3.05) is 20.0 Å². The first-order valence-electron chi connectivity index (χ1n) is 10.3. The molecule has 0 saturated heterocycles. The number of hydrogen-bond acceptors (Lipinski definition) is 7. The molecule has 168 valence electrons. The predicted molar refractivity (Wildman–Crippen MR) is 127 cm³/mol. The van der Waals surface area contributed by atoms with E-state index in [-0.39, 0.29) is 17.9 Å². The second-order valence-corrected chi connectivity index (χ2v) is 7.89. The van der Waals surface area contributed by atoms with Crippen LogP contribution >= 0.6 is 11.8 Å². The number of hydrogen-bond donors (Lipinski definition) is 0. The SMILES string of the molecule is CCOC(=O)c1c(-c2ccccc2)oc2ccc(OC(=O)c3ccc(SC)cc3OC)cc12. The van der Waals surface area contributed by atoms with E-state index in [1.54, 1.807) is 49.0 Å². The number of ether oxygens (including phenoxy) is 3. The molecule has 0 bridgehead atoms. The van der Waals surface area contributed by atoms with Crippen LogP contribution in [-0.2, 0) is 4.74 Å². The second kappa shape index (κ2) is 9.83. The van der Waals surface area contributed by atoms with Gasteiger partial charge in [-0.1, -0.05) is 30.3 Å². The number of furan rings is 1. The Kier molecular flexibility index (Phi) is 6.70. The summed E-state index contributed by atoms with van der Waals surface area (Å²) in [5.74, 6) is 0.0299.